The number of amidine groups is 2. The van der Waals surface area contributed by atoms with Gasteiger partial charge in [0.1, 0.15) is 0 Å². The summed E-state index contributed by atoms with van der Waals surface area (Å²) in [5, 5.41) is 8.81. The minimum absolute atomic E-state index is 0. The van der Waals surface area contributed by atoms with E-state index in [4.69, 9.17) is 0 Å². The first-order valence-electron chi connectivity index (χ1n) is 5.77. The zero-order valence-electron chi connectivity index (χ0n) is 10.2. The van der Waals surface area contributed by atoms with Gasteiger partial charge in [-0.15, -0.1) is 34.0 Å². The molecule has 2 N–H and O–H groups in total. The van der Waals surface area contributed by atoms with Crippen molar-refractivity contribution < 1.29 is 0 Å². The highest BCUT2D eigenvalue weighted by Gasteiger charge is 2.06. The molecule has 0 bridgehead atoms. The summed E-state index contributed by atoms with van der Waals surface area (Å²) in [7, 11) is 0. The number of rotatable bonds is 5. The van der Waals surface area contributed by atoms with Crippen LogP contribution >= 0.6 is 57.5 Å². The smallest absolute Gasteiger partial charge is 0.156 e. The molecule has 0 spiro atoms. The van der Waals surface area contributed by atoms with Crippen LogP contribution in [0.5, 0.6) is 0 Å². The fourth-order valence-electron chi connectivity index (χ4n) is 1.49. The lowest BCUT2D eigenvalue weighted by Crippen LogP contribution is -2.16. The summed E-state index contributed by atoms with van der Waals surface area (Å²) in [6.45, 7) is 3.93. The van der Waals surface area contributed by atoms with Crippen LogP contribution in [-0.2, 0) is 0 Å². The molecule has 0 unspecified atom stereocenters. The van der Waals surface area contributed by atoms with Crippen molar-refractivity contribution in [3.63, 3.8) is 0 Å². The van der Waals surface area contributed by atoms with Gasteiger partial charge in [0.2, 0.25) is 0 Å². The van der Waals surface area contributed by atoms with Crippen molar-refractivity contribution in [1.29, 1.82) is 0 Å². The first kappa shape index (κ1) is 18.6. The quantitative estimate of drug-likeness (QED) is 0.671. The van der Waals surface area contributed by atoms with Crippen LogP contribution in [0.15, 0.2) is 9.98 Å². The van der Waals surface area contributed by atoms with E-state index in [0.29, 0.717) is 0 Å². The molecule has 2 heterocycles. The van der Waals surface area contributed by atoms with E-state index in [2.05, 4.69) is 20.6 Å². The molecule has 0 saturated heterocycles. The average molecular weight is 420 g/mol. The fraction of sp³-hybridized carbons (Fsp3) is 0.800. The van der Waals surface area contributed by atoms with E-state index in [1.807, 2.05) is 23.5 Å². The standard InChI is InChI=1S/C10H18N4S2.2BrH/c1(7-15-9-11-3-4-12-9)2-8-16-10-13-5-6-14-10;;/h1-8H2,(H,11,12)(H,13,14);2*1H. The van der Waals surface area contributed by atoms with E-state index in [0.717, 1.165) is 36.5 Å². The van der Waals surface area contributed by atoms with Gasteiger partial charge in [-0.3, -0.25) is 9.98 Å². The molecule has 2 rings (SSSR count). The monoisotopic (exact) mass is 418 g/mol. The normalized spacial score (nSPS) is 16.9. The summed E-state index contributed by atoms with van der Waals surface area (Å²) < 4.78 is 0. The number of thioether (sulfide) groups is 2. The van der Waals surface area contributed by atoms with Gasteiger partial charge in [-0.25, -0.2) is 0 Å². The van der Waals surface area contributed by atoms with Crippen LogP contribution in [0.4, 0.5) is 0 Å². The second-order valence-electron chi connectivity index (χ2n) is 3.63. The molecule has 0 saturated carbocycles. The molecule has 0 atom stereocenters. The second kappa shape index (κ2) is 11.4. The minimum atomic E-state index is 0. The van der Waals surface area contributed by atoms with Gasteiger partial charge in [-0.05, 0) is 12.8 Å². The van der Waals surface area contributed by atoms with Crippen molar-refractivity contribution in [2.75, 3.05) is 37.7 Å². The van der Waals surface area contributed by atoms with Crippen LogP contribution in [0, 0.1) is 0 Å². The molecule has 106 valence electrons. The molecule has 0 aliphatic carbocycles. The summed E-state index contributed by atoms with van der Waals surface area (Å²) in [5.41, 5.74) is 0. The summed E-state index contributed by atoms with van der Waals surface area (Å²) in [4.78, 5) is 8.70. The molecule has 4 nitrogen and oxygen atoms in total. The van der Waals surface area contributed by atoms with E-state index in [1.165, 1.54) is 24.3 Å². The van der Waals surface area contributed by atoms with Crippen LogP contribution in [0.3, 0.4) is 0 Å². The number of hydrogen-bond donors (Lipinski definition) is 2. The van der Waals surface area contributed by atoms with Crippen molar-refractivity contribution in [3.8, 4) is 0 Å². The van der Waals surface area contributed by atoms with Gasteiger partial charge in [-0.2, -0.15) is 0 Å². The summed E-state index contributed by atoms with van der Waals surface area (Å²) in [6.07, 6.45) is 2.51. The molecule has 8 heteroatoms. The lowest BCUT2D eigenvalue weighted by atomic mass is 10.4. The highest BCUT2D eigenvalue weighted by molar-refractivity contribution is 8.93. The highest BCUT2D eigenvalue weighted by Crippen LogP contribution is 2.12. The third kappa shape index (κ3) is 7.25. The maximum absolute atomic E-state index is 4.35. The Labute approximate surface area is 138 Å². The predicted octanol–water partition coefficient (Wildman–Crippen LogP) is 2.31. The fourth-order valence-corrected chi connectivity index (χ4v) is 3.34. The average Bonchev–Trinajstić information content (AvgIpc) is 2.96. The van der Waals surface area contributed by atoms with Gasteiger partial charge >= 0.3 is 0 Å². The molecular formula is C10H20Br2N4S2. The minimum Gasteiger partial charge on any atom is -0.363 e. The molecule has 0 radical (unpaired) electrons. The largest absolute Gasteiger partial charge is 0.363 e. The zero-order valence-corrected chi connectivity index (χ0v) is 15.2. The van der Waals surface area contributed by atoms with Crippen LogP contribution in [0.25, 0.3) is 0 Å². The summed E-state index contributed by atoms with van der Waals surface area (Å²) in [6, 6.07) is 0. The van der Waals surface area contributed by atoms with Crippen molar-refractivity contribution >= 4 is 67.8 Å². The van der Waals surface area contributed by atoms with Crippen molar-refractivity contribution in [2.24, 2.45) is 9.98 Å². The number of unbranched alkanes of at least 4 members (excludes halogenated alkanes) is 1. The Hall–Kier alpha value is 0.600. The van der Waals surface area contributed by atoms with Gasteiger partial charge in [-0.1, -0.05) is 23.5 Å². The molecule has 2 aliphatic heterocycles. The van der Waals surface area contributed by atoms with E-state index in [-0.39, 0.29) is 34.0 Å². The van der Waals surface area contributed by atoms with Crippen LogP contribution < -0.4 is 10.6 Å². The maximum Gasteiger partial charge on any atom is 0.156 e. The molecular weight excluding hydrogens is 400 g/mol. The van der Waals surface area contributed by atoms with Gasteiger partial charge in [0, 0.05) is 24.6 Å². The summed E-state index contributed by atoms with van der Waals surface area (Å²) >= 11 is 3.70. The van der Waals surface area contributed by atoms with Gasteiger partial charge < -0.3 is 10.6 Å². The topological polar surface area (TPSA) is 48.8 Å². The van der Waals surface area contributed by atoms with Crippen LogP contribution in [0.1, 0.15) is 12.8 Å². The lowest BCUT2D eigenvalue weighted by molar-refractivity contribution is 0.909. The molecule has 0 aromatic rings. The Bertz CT molecular complexity index is 259. The molecule has 18 heavy (non-hydrogen) atoms. The van der Waals surface area contributed by atoms with Gasteiger partial charge in [0.05, 0.1) is 13.1 Å². The Balaban J connectivity index is 0.00000144. The zero-order chi connectivity index (χ0) is 11.1. The third-order valence-corrected chi connectivity index (χ3v) is 4.38. The van der Waals surface area contributed by atoms with Crippen LogP contribution in [0.2, 0.25) is 0 Å². The molecule has 0 amide bonds. The number of halogens is 2. The van der Waals surface area contributed by atoms with Crippen molar-refractivity contribution in [3.05, 3.63) is 0 Å². The molecule has 0 aromatic heterocycles. The number of nitrogens with zero attached hydrogens (tertiary/aromatic N) is 2. The third-order valence-electron chi connectivity index (χ3n) is 2.30. The van der Waals surface area contributed by atoms with Crippen LogP contribution in [-0.4, -0.2) is 48.0 Å². The van der Waals surface area contributed by atoms with Gasteiger partial charge in [0.15, 0.2) is 10.3 Å². The Kier molecular flexibility index (Phi) is 11.8. The van der Waals surface area contributed by atoms with E-state index in [9.17, 15) is 0 Å². The highest BCUT2D eigenvalue weighted by atomic mass is 79.9. The van der Waals surface area contributed by atoms with Crippen molar-refractivity contribution in [2.45, 2.75) is 12.8 Å². The number of hydrogen-bond acceptors (Lipinski definition) is 6. The number of aliphatic imine (C=N–C) groups is 2. The first-order chi connectivity index (χ1) is 7.95. The van der Waals surface area contributed by atoms with E-state index >= 15 is 0 Å². The van der Waals surface area contributed by atoms with Crippen molar-refractivity contribution in [1.82, 2.24) is 10.6 Å². The first-order valence-corrected chi connectivity index (χ1v) is 7.74. The predicted molar refractivity (Wildman–Crippen MR) is 95.4 cm³/mol. The SMILES string of the molecule is Br.Br.C(CCSC1=NCCN1)CSC1=NCCN1. The molecule has 0 aromatic carbocycles. The molecule has 2 aliphatic rings. The second-order valence-corrected chi connectivity index (χ2v) is 5.80. The van der Waals surface area contributed by atoms with Gasteiger partial charge in [0.25, 0.3) is 0 Å². The maximum atomic E-state index is 4.35. The Morgan fingerprint density at radius 2 is 1.28 bits per heavy atom. The summed E-state index contributed by atoms with van der Waals surface area (Å²) in [5.74, 6) is 2.35. The number of nitrogens with one attached hydrogen (secondary N) is 2. The van der Waals surface area contributed by atoms with E-state index < -0.39 is 0 Å². The van der Waals surface area contributed by atoms with E-state index in [1.54, 1.807) is 0 Å². The Morgan fingerprint density at radius 1 is 0.833 bits per heavy atom. The molecule has 0 fully saturated rings. The lowest BCUT2D eigenvalue weighted by Gasteiger charge is -2.03. The Morgan fingerprint density at radius 3 is 1.61 bits per heavy atom.